The molecule has 0 radical (unpaired) electrons. The highest BCUT2D eigenvalue weighted by Gasteiger charge is 2.31. The Morgan fingerprint density at radius 3 is 2.94 bits per heavy atom. The van der Waals surface area contributed by atoms with Crippen molar-refractivity contribution in [2.75, 3.05) is 11.5 Å². The minimum atomic E-state index is -0.844. The zero-order valence-corrected chi connectivity index (χ0v) is 10.3. The lowest BCUT2D eigenvalue weighted by molar-refractivity contribution is -0.140. The van der Waals surface area contributed by atoms with E-state index in [1.165, 1.54) is 12.1 Å². The van der Waals surface area contributed by atoms with E-state index in [4.69, 9.17) is 0 Å². The monoisotopic (exact) mass is 254 g/mol. The van der Waals surface area contributed by atoms with Crippen molar-refractivity contribution >= 4 is 17.7 Å². The molecule has 92 valence electrons. The van der Waals surface area contributed by atoms with Crippen molar-refractivity contribution in [3.63, 3.8) is 0 Å². The van der Waals surface area contributed by atoms with E-state index in [9.17, 15) is 14.3 Å². The first kappa shape index (κ1) is 12.4. The van der Waals surface area contributed by atoms with Crippen molar-refractivity contribution in [3.8, 4) is 0 Å². The standard InChI is InChI=1S/C13H15FO2S/c14-11-5-1-3-9(7-11)12(13(15)16)10-4-2-6-17-8-10/h1,3,5,7,10,12H,2,4,6,8H2,(H,15,16). The number of rotatable bonds is 3. The Morgan fingerprint density at radius 2 is 2.35 bits per heavy atom. The summed E-state index contributed by atoms with van der Waals surface area (Å²) >= 11 is 1.79. The fraction of sp³-hybridized carbons (Fsp3) is 0.462. The van der Waals surface area contributed by atoms with Gasteiger partial charge in [-0.2, -0.15) is 11.8 Å². The average Bonchev–Trinajstić information content (AvgIpc) is 2.30. The SMILES string of the molecule is O=C(O)C(c1cccc(F)c1)C1CCCSC1. The van der Waals surface area contributed by atoms with Crippen LogP contribution in [0.25, 0.3) is 0 Å². The summed E-state index contributed by atoms with van der Waals surface area (Å²) in [6.45, 7) is 0. The Kier molecular flexibility index (Phi) is 4.05. The normalized spacial score (nSPS) is 22.1. The molecule has 4 heteroatoms. The van der Waals surface area contributed by atoms with Crippen molar-refractivity contribution < 1.29 is 14.3 Å². The second-order valence-corrected chi connectivity index (χ2v) is 5.50. The molecule has 1 N–H and O–H groups in total. The van der Waals surface area contributed by atoms with Crippen LogP contribution in [-0.2, 0) is 4.79 Å². The van der Waals surface area contributed by atoms with Gasteiger partial charge in [-0.15, -0.1) is 0 Å². The first-order chi connectivity index (χ1) is 8.18. The van der Waals surface area contributed by atoms with Crippen LogP contribution in [0, 0.1) is 11.7 Å². The van der Waals surface area contributed by atoms with Gasteiger partial charge in [0.1, 0.15) is 5.82 Å². The Balaban J connectivity index is 2.25. The summed E-state index contributed by atoms with van der Waals surface area (Å²) in [7, 11) is 0. The van der Waals surface area contributed by atoms with Gasteiger partial charge in [0.15, 0.2) is 0 Å². The van der Waals surface area contributed by atoms with Crippen LogP contribution in [0.2, 0.25) is 0 Å². The van der Waals surface area contributed by atoms with E-state index in [0.29, 0.717) is 5.56 Å². The molecule has 1 aromatic carbocycles. The van der Waals surface area contributed by atoms with Crippen molar-refractivity contribution in [2.24, 2.45) is 5.92 Å². The van der Waals surface area contributed by atoms with Crippen LogP contribution in [-0.4, -0.2) is 22.6 Å². The molecule has 2 unspecified atom stereocenters. The molecule has 1 aliphatic heterocycles. The van der Waals surface area contributed by atoms with Gasteiger partial charge in [0.25, 0.3) is 0 Å². The smallest absolute Gasteiger partial charge is 0.311 e. The number of aliphatic carboxylic acids is 1. The maximum Gasteiger partial charge on any atom is 0.311 e. The molecule has 1 heterocycles. The largest absolute Gasteiger partial charge is 0.481 e. The summed E-state index contributed by atoms with van der Waals surface area (Å²) in [4.78, 5) is 11.4. The van der Waals surface area contributed by atoms with E-state index in [-0.39, 0.29) is 11.7 Å². The summed E-state index contributed by atoms with van der Waals surface area (Å²) in [5.74, 6) is 0.297. The van der Waals surface area contributed by atoms with Crippen LogP contribution in [0.1, 0.15) is 24.3 Å². The number of carboxylic acid groups (broad SMARTS) is 1. The van der Waals surface area contributed by atoms with Gasteiger partial charge >= 0.3 is 5.97 Å². The summed E-state index contributed by atoms with van der Waals surface area (Å²) < 4.78 is 13.2. The Hall–Kier alpha value is -1.03. The van der Waals surface area contributed by atoms with Crippen molar-refractivity contribution in [1.29, 1.82) is 0 Å². The number of thioether (sulfide) groups is 1. The first-order valence-electron chi connectivity index (χ1n) is 5.74. The number of halogens is 1. The third-order valence-electron chi connectivity index (χ3n) is 3.14. The van der Waals surface area contributed by atoms with Crippen LogP contribution in [0.4, 0.5) is 4.39 Å². The van der Waals surface area contributed by atoms with Crippen LogP contribution in [0.5, 0.6) is 0 Å². The predicted molar refractivity (Wildman–Crippen MR) is 66.8 cm³/mol. The van der Waals surface area contributed by atoms with Gasteiger partial charge in [0.05, 0.1) is 5.92 Å². The van der Waals surface area contributed by atoms with E-state index in [0.717, 1.165) is 24.3 Å². The first-order valence-corrected chi connectivity index (χ1v) is 6.90. The number of carboxylic acids is 1. The Bertz CT molecular complexity index is 402. The molecule has 2 rings (SSSR count). The van der Waals surface area contributed by atoms with Gasteiger partial charge in [-0.1, -0.05) is 12.1 Å². The van der Waals surface area contributed by atoms with Crippen LogP contribution in [0.3, 0.4) is 0 Å². The topological polar surface area (TPSA) is 37.3 Å². The molecule has 0 amide bonds. The molecule has 2 atom stereocenters. The lowest BCUT2D eigenvalue weighted by Gasteiger charge is -2.27. The van der Waals surface area contributed by atoms with Gasteiger partial charge < -0.3 is 5.11 Å². The molecule has 1 fully saturated rings. The fourth-order valence-corrected chi connectivity index (χ4v) is 3.54. The lowest BCUT2D eigenvalue weighted by Crippen LogP contribution is -2.25. The molecule has 0 aliphatic carbocycles. The minimum Gasteiger partial charge on any atom is -0.481 e. The highest BCUT2D eigenvalue weighted by molar-refractivity contribution is 7.99. The van der Waals surface area contributed by atoms with E-state index in [1.807, 2.05) is 0 Å². The average molecular weight is 254 g/mol. The second-order valence-electron chi connectivity index (χ2n) is 4.35. The van der Waals surface area contributed by atoms with E-state index >= 15 is 0 Å². The Labute approximate surface area is 104 Å². The summed E-state index contributed by atoms with van der Waals surface area (Å²) in [5.41, 5.74) is 0.588. The lowest BCUT2D eigenvalue weighted by atomic mass is 9.84. The molecular weight excluding hydrogens is 239 g/mol. The molecule has 1 saturated heterocycles. The molecule has 17 heavy (non-hydrogen) atoms. The molecule has 0 bridgehead atoms. The van der Waals surface area contributed by atoms with Crippen molar-refractivity contribution in [3.05, 3.63) is 35.6 Å². The molecule has 0 aromatic heterocycles. The molecule has 1 aliphatic rings. The molecule has 0 saturated carbocycles. The summed E-state index contributed by atoms with van der Waals surface area (Å²) in [5, 5.41) is 9.34. The highest BCUT2D eigenvalue weighted by atomic mass is 32.2. The minimum absolute atomic E-state index is 0.119. The number of hydrogen-bond acceptors (Lipinski definition) is 2. The van der Waals surface area contributed by atoms with Gasteiger partial charge in [-0.05, 0) is 48.0 Å². The molecule has 0 spiro atoms. The van der Waals surface area contributed by atoms with E-state index in [1.54, 1.807) is 23.9 Å². The zero-order chi connectivity index (χ0) is 12.3. The van der Waals surface area contributed by atoms with Crippen molar-refractivity contribution in [1.82, 2.24) is 0 Å². The van der Waals surface area contributed by atoms with Crippen LogP contribution < -0.4 is 0 Å². The zero-order valence-electron chi connectivity index (χ0n) is 9.43. The third kappa shape index (κ3) is 3.00. The number of benzene rings is 1. The molecule has 1 aromatic rings. The summed E-state index contributed by atoms with van der Waals surface area (Å²) in [6.07, 6.45) is 1.97. The van der Waals surface area contributed by atoms with Gasteiger partial charge in [0.2, 0.25) is 0 Å². The van der Waals surface area contributed by atoms with Gasteiger partial charge in [-0.25, -0.2) is 4.39 Å². The number of carbonyl (C=O) groups is 1. The van der Waals surface area contributed by atoms with E-state index < -0.39 is 11.9 Å². The fourth-order valence-electron chi connectivity index (χ4n) is 2.34. The maximum absolute atomic E-state index is 13.2. The molecule has 2 nitrogen and oxygen atoms in total. The predicted octanol–water partition coefficient (Wildman–Crippen LogP) is 3.14. The maximum atomic E-state index is 13.2. The highest BCUT2D eigenvalue weighted by Crippen LogP contribution is 2.35. The van der Waals surface area contributed by atoms with Crippen molar-refractivity contribution in [2.45, 2.75) is 18.8 Å². The second kappa shape index (κ2) is 5.54. The summed E-state index contributed by atoms with van der Waals surface area (Å²) in [6, 6.07) is 5.98. The third-order valence-corrected chi connectivity index (χ3v) is 4.38. The van der Waals surface area contributed by atoms with Crippen LogP contribution >= 0.6 is 11.8 Å². The van der Waals surface area contributed by atoms with E-state index in [2.05, 4.69) is 0 Å². The van der Waals surface area contributed by atoms with Gasteiger partial charge in [0, 0.05) is 0 Å². The molecular formula is C13H15FO2S. The Morgan fingerprint density at radius 1 is 1.53 bits per heavy atom. The van der Waals surface area contributed by atoms with Crippen LogP contribution in [0.15, 0.2) is 24.3 Å². The number of hydrogen-bond donors (Lipinski definition) is 1. The quantitative estimate of drug-likeness (QED) is 0.900. The van der Waals surface area contributed by atoms with Gasteiger partial charge in [-0.3, -0.25) is 4.79 Å².